The van der Waals surface area contributed by atoms with Crippen molar-refractivity contribution < 1.29 is 4.74 Å². The van der Waals surface area contributed by atoms with E-state index < -0.39 is 0 Å². The van der Waals surface area contributed by atoms with Crippen LogP contribution in [0.4, 0.5) is 0 Å². The van der Waals surface area contributed by atoms with Gasteiger partial charge in [-0.05, 0) is 72.8 Å². The van der Waals surface area contributed by atoms with Crippen molar-refractivity contribution in [1.29, 1.82) is 0 Å². The molecule has 0 radical (unpaired) electrons. The molecule has 2 aromatic carbocycles. The first-order chi connectivity index (χ1) is 10.0. The fourth-order valence-electron chi connectivity index (χ4n) is 2.48. The molecule has 0 aliphatic heterocycles. The van der Waals surface area contributed by atoms with Crippen LogP contribution in [-0.4, -0.2) is 6.54 Å². The van der Waals surface area contributed by atoms with Crippen molar-refractivity contribution in [2.75, 3.05) is 6.54 Å². The standard InChI is InChI=1S/C18H22ClNO/c1-12(2)17-6-5-16(10-13(17)3)21-18-7-4-15(19)11-14(18)8-9-20/h4-7,10-12H,8-9,20H2,1-3H3. The molecule has 0 heterocycles. The Balaban J connectivity index is 2.28. The van der Waals surface area contributed by atoms with Crippen LogP contribution in [-0.2, 0) is 6.42 Å². The van der Waals surface area contributed by atoms with Crippen LogP contribution in [0.25, 0.3) is 0 Å². The lowest BCUT2D eigenvalue weighted by atomic mass is 9.98. The minimum absolute atomic E-state index is 0.516. The molecule has 3 heteroatoms. The van der Waals surface area contributed by atoms with Crippen molar-refractivity contribution in [3.8, 4) is 11.5 Å². The van der Waals surface area contributed by atoms with Gasteiger partial charge < -0.3 is 10.5 Å². The second-order valence-corrected chi connectivity index (χ2v) is 6.00. The van der Waals surface area contributed by atoms with E-state index in [0.717, 1.165) is 23.5 Å². The van der Waals surface area contributed by atoms with Gasteiger partial charge in [-0.25, -0.2) is 0 Å². The Morgan fingerprint density at radius 3 is 2.52 bits per heavy atom. The van der Waals surface area contributed by atoms with Crippen LogP contribution in [0, 0.1) is 6.92 Å². The highest BCUT2D eigenvalue weighted by atomic mass is 35.5. The van der Waals surface area contributed by atoms with Crippen LogP contribution < -0.4 is 10.5 Å². The predicted octanol–water partition coefficient (Wildman–Crippen LogP) is 5.07. The summed E-state index contributed by atoms with van der Waals surface area (Å²) in [5, 5.41) is 0.706. The van der Waals surface area contributed by atoms with E-state index in [-0.39, 0.29) is 0 Å². The maximum Gasteiger partial charge on any atom is 0.130 e. The molecule has 0 spiro atoms. The highest BCUT2D eigenvalue weighted by Crippen LogP contribution is 2.30. The Labute approximate surface area is 131 Å². The van der Waals surface area contributed by atoms with Gasteiger partial charge in [0.1, 0.15) is 11.5 Å². The Kier molecular flexibility index (Phi) is 5.27. The molecule has 0 aromatic heterocycles. The first-order valence-electron chi connectivity index (χ1n) is 7.28. The van der Waals surface area contributed by atoms with Crippen LogP contribution in [0.2, 0.25) is 5.02 Å². The first-order valence-corrected chi connectivity index (χ1v) is 7.66. The molecule has 2 N–H and O–H groups in total. The van der Waals surface area contributed by atoms with Gasteiger partial charge in [0.15, 0.2) is 0 Å². The van der Waals surface area contributed by atoms with Crippen molar-refractivity contribution in [2.45, 2.75) is 33.1 Å². The van der Waals surface area contributed by atoms with E-state index in [1.54, 1.807) is 0 Å². The second-order valence-electron chi connectivity index (χ2n) is 5.57. The number of aryl methyl sites for hydroxylation is 1. The van der Waals surface area contributed by atoms with Gasteiger partial charge in [0.25, 0.3) is 0 Å². The molecule has 2 rings (SSSR count). The van der Waals surface area contributed by atoms with E-state index >= 15 is 0 Å². The molecule has 112 valence electrons. The van der Waals surface area contributed by atoms with E-state index in [2.05, 4.69) is 32.9 Å². The van der Waals surface area contributed by atoms with Crippen LogP contribution in [0.3, 0.4) is 0 Å². The third kappa shape index (κ3) is 3.99. The van der Waals surface area contributed by atoms with Crippen molar-refractivity contribution in [2.24, 2.45) is 5.73 Å². The maximum atomic E-state index is 6.04. The Morgan fingerprint density at radius 1 is 1.14 bits per heavy atom. The number of nitrogens with two attached hydrogens (primary N) is 1. The summed E-state index contributed by atoms with van der Waals surface area (Å²) in [6.07, 6.45) is 0.749. The van der Waals surface area contributed by atoms with Crippen molar-refractivity contribution >= 4 is 11.6 Å². The summed E-state index contributed by atoms with van der Waals surface area (Å²) in [6.45, 7) is 7.08. The molecule has 0 unspecified atom stereocenters. The van der Waals surface area contributed by atoms with Gasteiger partial charge in [0, 0.05) is 5.02 Å². The van der Waals surface area contributed by atoms with Gasteiger partial charge in [0.2, 0.25) is 0 Å². The highest BCUT2D eigenvalue weighted by molar-refractivity contribution is 6.30. The SMILES string of the molecule is Cc1cc(Oc2ccc(Cl)cc2CCN)ccc1C(C)C. The summed E-state index contributed by atoms with van der Waals surface area (Å²) >= 11 is 6.04. The van der Waals surface area contributed by atoms with Crippen molar-refractivity contribution in [3.63, 3.8) is 0 Å². The van der Waals surface area contributed by atoms with Crippen LogP contribution in [0.15, 0.2) is 36.4 Å². The monoisotopic (exact) mass is 303 g/mol. The molecule has 0 amide bonds. The number of hydrogen-bond acceptors (Lipinski definition) is 2. The van der Waals surface area contributed by atoms with Crippen LogP contribution in [0.1, 0.15) is 36.5 Å². The van der Waals surface area contributed by atoms with E-state index in [9.17, 15) is 0 Å². The molecule has 0 saturated carbocycles. The van der Waals surface area contributed by atoms with E-state index in [0.29, 0.717) is 17.5 Å². The molecule has 0 aliphatic carbocycles. The third-order valence-electron chi connectivity index (χ3n) is 3.53. The van der Waals surface area contributed by atoms with E-state index in [4.69, 9.17) is 22.1 Å². The number of rotatable bonds is 5. The van der Waals surface area contributed by atoms with Crippen molar-refractivity contribution in [3.05, 3.63) is 58.1 Å². The topological polar surface area (TPSA) is 35.2 Å². The first kappa shape index (κ1) is 15.9. The molecule has 21 heavy (non-hydrogen) atoms. The molecule has 0 bridgehead atoms. The zero-order valence-electron chi connectivity index (χ0n) is 12.8. The Hall–Kier alpha value is -1.51. The average molecular weight is 304 g/mol. The summed E-state index contributed by atoms with van der Waals surface area (Å²) in [4.78, 5) is 0. The van der Waals surface area contributed by atoms with E-state index in [1.165, 1.54) is 11.1 Å². The van der Waals surface area contributed by atoms with Crippen molar-refractivity contribution in [1.82, 2.24) is 0 Å². The molecule has 0 atom stereocenters. The Morgan fingerprint density at radius 2 is 1.90 bits per heavy atom. The third-order valence-corrected chi connectivity index (χ3v) is 3.76. The van der Waals surface area contributed by atoms with Gasteiger partial charge in [0.05, 0.1) is 0 Å². The number of halogens is 1. The minimum atomic E-state index is 0.516. The lowest BCUT2D eigenvalue weighted by molar-refractivity contribution is 0.475. The minimum Gasteiger partial charge on any atom is -0.457 e. The summed E-state index contributed by atoms with van der Waals surface area (Å²) in [6, 6.07) is 11.9. The highest BCUT2D eigenvalue weighted by Gasteiger charge is 2.08. The molecule has 0 aliphatic rings. The lowest BCUT2D eigenvalue weighted by Crippen LogP contribution is -2.04. The molecular weight excluding hydrogens is 282 g/mol. The summed E-state index contributed by atoms with van der Waals surface area (Å²) < 4.78 is 6.02. The smallest absolute Gasteiger partial charge is 0.130 e. The Bertz CT molecular complexity index is 623. The number of ether oxygens (including phenoxy) is 1. The quantitative estimate of drug-likeness (QED) is 0.837. The maximum absolute atomic E-state index is 6.04. The zero-order chi connectivity index (χ0) is 15.4. The fourth-order valence-corrected chi connectivity index (χ4v) is 2.68. The van der Waals surface area contributed by atoms with Gasteiger partial charge in [-0.1, -0.05) is 31.5 Å². The zero-order valence-corrected chi connectivity index (χ0v) is 13.6. The molecule has 0 saturated heterocycles. The summed E-state index contributed by atoms with van der Waals surface area (Å²) in [7, 11) is 0. The van der Waals surface area contributed by atoms with Crippen LogP contribution >= 0.6 is 11.6 Å². The molecule has 2 nitrogen and oxygen atoms in total. The van der Waals surface area contributed by atoms with Crippen LogP contribution in [0.5, 0.6) is 11.5 Å². The molecule has 0 fully saturated rings. The summed E-state index contributed by atoms with van der Waals surface area (Å²) in [5.41, 5.74) is 9.28. The molecule has 2 aromatic rings. The molecular formula is C18H22ClNO. The number of benzene rings is 2. The van der Waals surface area contributed by atoms with E-state index in [1.807, 2.05) is 24.3 Å². The van der Waals surface area contributed by atoms with Gasteiger partial charge in [-0.2, -0.15) is 0 Å². The predicted molar refractivity (Wildman–Crippen MR) is 89.6 cm³/mol. The summed E-state index contributed by atoms with van der Waals surface area (Å²) in [5.74, 6) is 2.18. The van der Waals surface area contributed by atoms with Gasteiger partial charge in [-0.15, -0.1) is 0 Å². The largest absolute Gasteiger partial charge is 0.457 e. The van der Waals surface area contributed by atoms with Gasteiger partial charge >= 0.3 is 0 Å². The fraction of sp³-hybridized carbons (Fsp3) is 0.333. The lowest BCUT2D eigenvalue weighted by Gasteiger charge is -2.14. The normalized spacial score (nSPS) is 11.0. The number of hydrogen-bond donors (Lipinski definition) is 1. The second kappa shape index (κ2) is 6.97. The van der Waals surface area contributed by atoms with Gasteiger partial charge in [-0.3, -0.25) is 0 Å². The average Bonchev–Trinajstić information content (AvgIpc) is 2.42.